The molecule has 6 heteroatoms. The number of rotatable bonds is 4. The first kappa shape index (κ1) is 16.5. The maximum Gasteiger partial charge on any atom is 0.241 e. The van der Waals surface area contributed by atoms with Gasteiger partial charge in [0.1, 0.15) is 0 Å². The molecule has 0 saturated carbocycles. The zero-order valence-electron chi connectivity index (χ0n) is 10.6. The lowest BCUT2D eigenvalue weighted by molar-refractivity contribution is -0.118. The van der Waals surface area contributed by atoms with Crippen molar-refractivity contribution in [1.29, 1.82) is 0 Å². The number of nitrogens with one attached hydrogen (secondary N) is 1. The lowest BCUT2D eigenvalue weighted by atomic mass is 10.0. The highest BCUT2D eigenvalue weighted by Gasteiger charge is 2.17. The minimum absolute atomic E-state index is 0. The smallest absolute Gasteiger partial charge is 0.241 e. The van der Waals surface area contributed by atoms with E-state index in [4.69, 9.17) is 10.5 Å². The average molecular weight is 275 g/mol. The number of benzene rings is 1. The topological polar surface area (TPSA) is 84.6 Å². The molecule has 0 heterocycles. The molecule has 0 fully saturated rings. The predicted molar refractivity (Wildman–Crippen MR) is 73.3 cm³/mol. The molecule has 1 aromatic carbocycles. The van der Waals surface area contributed by atoms with E-state index in [0.29, 0.717) is 11.4 Å². The van der Waals surface area contributed by atoms with E-state index in [1.165, 1.54) is 13.2 Å². The van der Waals surface area contributed by atoms with E-state index < -0.39 is 6.04 Å². The molecule has 5 nitrogen and oxygen atoms in total. The molecular formula is C12H19ClN2O3. The molecule has 1 atom stereocenters. The molecule has 4 N–H and O–H groups in total. The van der Waals surface area contributed by atoms with Gasteiger partial charge in [-0.3, -0.25) is 4.79 Å². The maximum atomic E-state index is 11.7. The Hall–Kier alpha value is -1.46. The van der Waals surface area contributed by atoms with Crippen molar-refractivity contribution in [2.75, 3.05) is 12.4 Å². The summed E-state index contributed by atoms with van der Waals surface area (Å²) < 4.78 is 4.94. The van der Waals surface area contributed by atoms with Crippen molar-refractivity contribution in [1.82, 2.24) is 0 Å². The highest BCUT2D eigenvalue weighted by Crippen LogP contribution is 2.28. The quantitative estimate of drug-likeness (QED) is 0.730. The molecule has 0 radical (unpaired) electrons. The van der Waals surface area contributed by atoms with Crippen molar-refractivity contribution in [2.45, 2.75) is 19.9 Å². The van der Waals surface area contributed by atoms with Crippen molar-refractivity contribution >= 4 is 24.0 Å². The molecule has 102 valence electrons. The molecule has 0 aliphatic heterocycles. The summed E-state index contributed by atoms with van der Waals surface area (Å²) in [6, 6.07) is 4.02. The second kappa shape index (κ2) is 7.08. The van der Waals surface area contributed by atoms with E-state index in [0.717, 1.165) is 0 Å². The molecule has 1 rings (SSSR count). The summed E-state index contributed by atoms with van der Waals surface area (Å²) in [6.45, 7) is 3.75. The summed E-state index contributed by atoms with van der Waals surface area (Å²) in [6.07, 6.45) is 0. The van der Waals surface area contributed by atoms with Crippen LogP contribution in [0.4, 0.5) is 5.69 Å². The Morgan fingerprint density at radius 3 is 2.56 bits per heavy atom. The molecule has 0 saturated heterocycles. The standard InChI is InChI=1S/C12H18N2O3.ClH/c1-7(2)11(13)12(16)14-8-4-5-9(15)10(6-8)17-3;/h4-7,11,15H,13H2,1-3H3,(H,14,16);1H/t11-;/m0./s1. The first-order chi connectivity index (χ1) is 7.95. The summed E-state index contributed by atoms with van der Waals surface area (Å²) in [7, 11) is 1.44. The van der Waals surface area contributed by atoms with Crippen LogP contribution >= 0.6 is 12.4 Å². The lowest BCUT2D eigenvalue weighted by Gasteiger charge is -2.15. The molecule has 0 aliphatic rings. The second-order valence-electron chi connectivity index (χ2n) is 4.15. The molecule has 1 amide bonds. The molecule has 0 unspecified atom stereocenters. The van der Waals surface area contributed by atoms with Gasteiger partial charge in [-0.1, -0.05) is 13.8 Å². The Balaban J connectivity index is 0.00000289. The monoisotopic (exact) mass is 274 g/mol. The maximum absolute atomic E-state index is 11.7. The van der Waals surface area contributed by atoms with Gasteiger partial charge in [-0.2, -0.15) is 0 Å². The van der Waals surface area contributed by atoms with Gasteiger partial charge in [-0.15, -0.1) is 12.4 Å². The van der Waals surface area contributed by atoms with Crippen molar-refractivity contribution in [2.24, 2.45) is 11.7 Å². The van der Waals surface area contributed by atoms with Crippen molar-refractivity contribution in [3.05, 3.63) is 18.2 Å². The van der Waals surface area contributed by atoms with E-state index in [1.54, 1.807) is 12.1 Å². The van der Waals surface area contributed by atoms with Gasteiger partial charge in [0.05, 0.1) is 13.2 Å². The van der Waals surface area contributed by atoms with E-state index in [-0.39, 0.29) is 30.0 Å². The van der Waals surface area contributed by atoms with Gasteiger partial charge < -0.3 is 20.9 Å². The van der Waals surface area contributed by atoms with Gasteiger partial charge in [0.25, 0.3) is 0 Å². The minimum atomic E-state index is -0.560. The fraction of sp³-hybridized carbons (Fsp3) is 0.417. The summed E-state index contributed by atoms with van der Waals surface area (Å²) in [4.78, 5) is 11.7. The first-order valence-corrected chi connectivity index (χ1v) is 5.39. The zero-order chi connectivity index (χ0) is 13.0. The van der Waals surface area contributed by atoms with Crippen molar-refractivity contribution < 1.29 is 14.6 Å². The van der Waals surface area contributed by atoms with E-state index >= 15 is 0 Å². The molecule has 0 bridgehead atoms. The minimum Gasteiger partial charge on any atom is -0.504 e. The summed E-state index contributed by atoms with van der Waals surface area (Å²) >= 11 is 0. The Kier molecular flexibility index (Phi) is 6.51. The van der Waals surface area contributed by atoms with Crippen LogP contribution in [0.15, 0.2) is 18.2 Å². The third-order valence-corrected chi connectivity index (χ3v) is 2.47. The number of phenols is 1. The Morgan fingerprint density at radius 1 is 1.44 bits per heavy atom. The Bertz CT molecular complexity index is 410. The van der Waals surface area contributed by atoms with Crippen LogP contribution in [0.25, 0.3) is 0 Å². The number of halogens is 1. The van der Waals surface area contributed by atoms with E-state index in [2.05, 4.69) is 5.32 Å². The van der Waals surface area contributed by atoms with Crippen LogP contribution in [0.1, 0.15) is 13.8 Å². The Labute approximate surface area is 113 Å². The fourth-order valence-electron chi connectivity index (χ4n) is 1.28. The number of carbonyl (C=O) groups is 1. The van der Waals surface area contributed by atoms with Crippen LogP contribution in [0.2, 0.25) is 0 Å². The van der Waals surface area contributed by atoms with Crippen LogP contribution in [0.3, 0.4) is 0 Å². The van der Waals surface area contributed by atoms with Gasteiger partial charge in [0.2, 0.25) is 5.91 Å². The van der Waals surface area contributed by atoms with Gasteiger partial charge in [0, 0.05) is 11.8 Å². The number of ether oxygens (including phenoxy) is 1. The second-order valence-corrected chi connectivity index (χ2v) is 4.15. The van der Waals surface area contributed by atoms with E-state index in [9.17, 15) is 9.90 Å². The Morgan fingerprint density at radius 2 is 2.06 bits per heavy atom. The highest BCUT2D eigenvalue weighted by atomic mass is 35.5. The molecule has 18 heavy (non-hydrogen) atoms. The number of amides is 1. The van der Waals surface area contributed by atoms with E-state index in [1.807, 2.05) is 13.8 Å². The number of nitrogens with two attached hydrogens (primary N) is 1. The number of hydrogen-bond donors (Lipinski definition) is 3. The number of hydrogen-bond acceptors (Lipinski definition) is 4. The highest BCUT2D eigenvalue weighted by molar-refractivity contribution is 5.95. The molecule has 1 aromatic rings. The largest absolute Gasteiger partial charge is 0.504 e. The van der Waals surface area contributed by atoms with Crippen molar-refractivity contribution in [3.63, 3.8) is 0 Å². The SMILES string of the molecule is COc1cc(NC(=O)[C@@H](N)C(C)C)ccc1O.Cl. The number of carbonyl (C=O) groups excluding carboxylic acids is 1. The summed E-state index contributed by atoms with van der Waals surface area (Å²) in [5.41, 5.74) is 6.26. The van der Waals surface area contributed by atoms with Crippen LogP contribution in [0, 0.1) is 5.92 Å². The zero-order valence-corrected chi connectivity index (χ0v) is 11.5. The van der Waals surface area contributed by atoms with Gasteiger partial charge >= 0.3 is 0 Å². The number of methoxy groups -OCH3 is 1. The summed E-state index contributed by atoms with van der Waals surface area (Å²) in [5.74, 6) is 0.140. The molecule has 0 aliphatic carbocycles. The molecule has 0 spiro atoms. The molecular weight excluding hydrogens is 256 g/mol. The number of aromatic hydroxyl groups is 1. The third kappa shape index (κ3) is 4.09. The molecule has 0 aromatic heterocycles. The summed E-state index contributed by atoms with van der Waals surface area (Å²) in [5, 5.41) is 12.1. The predicted octanol–water partition coefficient (Wildman–Crippen LogP) is 1.74. The average Bonchev–Trinajstić information content (AvgIpc) is 2.30. The third-order valence-electron chi connectivity index (χ3n) is 2.47. The van der Waals surface area contributed by atoms with Crippen LogP contribution in [-0.4, -0.2) is 24.2 Å². The van der Waals surface area contributed by atoms with Crippen LogP contribution in [-0.2, 0) is 4.79 Å². The number of phenolic OH excluding ortho intramolecular Hbond substituents is 1. The van der Waals surface area contributed by atoms with Gasteiger partial charge in [-0.05, 0) is 18.1 Å². The van der Waals surface area contributed by atoms with Gasteiger partial charge in [0.15, 0.2) is 11.5 Å². The van der Waals surface area contributed by atoms with Crippen LogP contribution in [0.5, 0.6) is 11.5 Å². The van der Waals surface area contributed by atoms with Crippen LogP contribution < -0.4 is 15.8 Å². The normalized spacial score (nSPS) is 11.6. The number of anilines is 1. The first-order valence-electron chi connectivity index (χ1n) is 5.39. The van der Waals surface area contributed by atoms with Gasteiger partial charge in [-0.25, -0.2) is 0 Å². The fourth-order valence-corrected chi connectivity index (χ4v) is 1.28. The van der Waals surface area contributed by atoms with Crippen molar-refractivity contribution in [3.8, 4) is 11.5 Å². The lowest BCUT2D eigenvalue weighted by Crippen LogP contribution is -2.39.